The molecule has 1 aliphatic rings. The summed E-state index contributed by atoms with van der Waals surface area (Å²) in [5, 5.41) is 0. The van der Waals surface area contributed by atoms with Crippen LogP contribution >= 0.6 is 0 Å². The molecule has 2 nitrogen and oxygen atoms in total. The highest BCUT2D eigenvalue weighted by atomic mass is 16.5. The fourth-order valence-corrected chi connectivity index (χ4v) is 2.79. The van der Waals surface area contributed by atoms with E-state index in [2.05, 4.69) is 32.0 Å². The lowest BCUT2D eigenvalue weighted by Gasteiger charge is -2.19. The molecule has 1 aromatic rings. The van der Waals surface area contributed by atoms with Gasteiger partial charge in [-0.25, -0.2) is 0 Å². The van der Waals surface area contributed by atoms with E-state index >= 15 is 0 Å². The second-order valence-electron chi connectivity index (χ2n) is 5.68. The molecule has 2 heteroatoms. The van der Waals surface area contributed by atoms with Crippen molar-refractivity contribution in [3.8, 4) is 5.75 Å². The lowest BCUT2D eigenvalue weighted by Crippen LogP contribution is -2.10. The third kappa shape index (κ3) is 2.86. The summed E-state index contributed by atoms with van der Waals surface area (Å²) in [5.74, 6) is 3.02. The zero-order chi connectivity index (χ0) is 13.1. The molecule has 1 aliphatic carbocycles. The van der Waals surface area contributed by atoms with Crippen LogP contribution < -0.4 is 10.5 Å². The summed E-state index contributed by atoms with van der Waals surface area (Å²) in [5.41, 5.74) is 8.53. The molecule has 18 heavy (non-hydrogen) atoms. The Morgan fingerprint density at radius 3 is 2.56 bits per heavy atom. The smallest absolute Gasteiger partial charge is 0.122 e. The van der Waals surface area contributed by atoms with Gasteiger partial charge < -0.3 is 10.5 Å². The molecule has 0 bridgehead atoms. The Morgan fingerprint density at radius 1 is 1.33 bits per heavy atom. The van der Waals surface area contributed by atoms with Gasteiger partial charge in [0.25, 0.3) is 0 Å². The van der Waals surface area contributed by atoms with Crippen LogP contribution in [-0.2, 0) is 0 Å². The number of benzene rings is 1. The number of nitrogens with two attached hydrogens (primary N) is 1. The van der Waals surface area contributed by atoms with Crippen LogP contribution in [0.15, 0.2) is 18.2 Å². The maximum absolute atomic E-state index is 5.76. The average molecular weight is 247 g/mol. The quantitative estimate of drug-likeness (QED) is 0.832. The van der Waals surface area contributed by atoms with Gasteiger partial charge in [-0.2, -0.15) is 0 Å². The first kappa shape index (κ1) is 13.4. The highest BCUT2D eigenvalue weighted by Gasteiger charge is 2.32. The summed E-state index contributed by atoms with van der Waals surface area (Å²) < 4.78 is 5.45. The van der Waals surface area contributed by atoms with E-state index in [4.69, 9.17) is 10.5 Å². The largest absolute Gasteiger partial charge is 0.496 e. The van der Waals surface area contributed by atoms with Gasteiger partial charge in [-0.05, 0) is 60.8 Å². The molecule has 1 aromatic carbocycles. The van der Waals surface area contributed by atoms with Crippen LogP contribution in [0.3, 0.4) is 0 Å². The number of hydrogen-bond acceptors (Lipinski definition) is 2. The first-order valence-electron chi connectivity index (χ1n) is 7.05. The zero-order valence-corrected chi connectivity index (χ0v) is 11.8. The van der Waals surface area contributed by atoms with Gasteiger partial charge in [0.1, 0.15) is 5.75 Å². The molecule has 2 N–H and O–H groups in total. The van der Waals surface area contributed by atoms with E-state index in [1.165, 1.54) is 24.0 Å². The van der Waals surface area contributed by atoms with Crippen molar-refractivity contribution in [3.63, 3.8) is 0 Å². The molecule has 0 heterocycles. The van der Waals surface area contributed by atoms with Crippen molar-refractivity contribution in [1.29, 1.82) is 0 Å². The summed E-state index contributed by atoms with van der Waals surface area (Å²) in [7, 11) is 1.75. The van der Waals surface area contributed by atoms with Crippen LogP contribution in [-0.4, -0.2) is 13.7 Å². The summed E-state index contributed by atoms with van der Waals surface area (Å²) in [6.45, 7) is 5.22. The van der Waals surface area contributed by atoms with Gasteiger partial charge in [0, 0.05) is 0 Å². The summed E-state index contributed by atoms with van der Waals surface area (Å²) in [4.78, 5) is 0. The molecule has 0 spiro atoms. The minimum Gasteiger partial charge on any atom is -0.496 e. The molecule has 0 aromatic heterocycles. The molecule has 100 valence electrons. The van der Waals surface area contributed by atoms with Gasteiger partial charge in [-0.1, -0.05) is 26.0 Å². The highest BCUT2D eigenvalue weighted by molar-refractivity contribution is 5.41. The van der Waals surface area contributed by atoms with E-state index in [0.717, 1.165) is 24.6 Å². The minimum absolute atomic E-state index is 0.498. The summed E-state index contributed by atoms with van der Waals surface area (Å²) in [6, 6.07) is 6.68. The van der Waals surface area contributed by atoms with Crippen molar-refractivity contribution in [2.45, 2.75) is 44.9 Å². The van der Waals surface area contributed by atoms with Crippen LogP contribution in [0.1, 0.15) is 56.1 Å². The zero-order valence-electron chi connectivity index (χ0n) is 11.8. The number of methoxy groups -OCH3 is 1. The predicted molar refractivity (Wildman–Crippen MR) is 76.2 cm³/mol. The monoisotopic (exact) mass is 247 g/mol. The fraction of sp³-hybridized carbons (Fsp3) is 0.625. The third-order valence-electron chi connectivity index (χ3n) is 3.97. The molecular formula is C16H25NO. The second-order valence-corrected chi connectivity index (χ2v) is 5.68. The molecule has 1 unspecified atom stereocenters. The molecule has 0 amide bonds. The Labute approximate surface area is 111 Å². The Bertz CT molecular complexity index is 396. The normalized spacial score (nSPS) is 16.9. The van der Waals surface area contributed by atoms with Crippen molar-refractivity contribution in [3.05, 3.63) is 29.3 Å². The average Bonchev–Trinajstić information content (AvgIpc) is 3.19. The molecule has 2 rings (SSSR count). The van der Waals surface area contributed by atoms with Crippen molar-refractivity contribution in [1.82, 2.24) is 0 Å². The van der Waals surface area contributed by atoms with Crippen LogP contribution in [0.5, 0.6) is 5.75 Å². The van der Waals surface area contributed by atoms with Gasteiger partial charge in [0.15, 0.2) is 0 Å². The van der Waals surface area contributed by atoms with Gasteiger partial charge >= 0.3 is 0 Å². The number of rotatable bonds is 6. The molecule has 1 fully saturated rings. The maximum atomic E-state index is 5.76. The minimum atomic E-state index is 0.498. The predicted octanol–water partition coefficient (Wildman–Crippen LogP) is 3.66. The Kier molecular flexibility index (Phi) is 4.28. The van der Waals surface area contributed by atoms with Crippen molar-refractivity contribution in [2.75, 3.05) is 13.7 Å². The molecule has 0 saturated heterocycles. The van der Waals surface area contributed by atoms with Gasteiger partial charge in [-0.3, -0.25) is 0 Å². The molecule has 1 atom stereocenters. The summed E-state index contributed by atoms with van der Waals surface area (Å²) >= 11 is 0. The standard InChI is InChI=1S/C16H25NO/c1-11(2)15-10-13(6-7-16(15)18-3)14(8-9-17)12-4-5-12/h6-7,10-12,14H,4-5,8-9,17H2,1-3H3. The molecule has 1 saturated carbocycles. The third-order valence-corrected chi connectivity index (χ3v) is 3.97. The second kappa shape index (κ2) is 5.75. The lowest BCUT2D eigenvalue weighted by atomic mass is 9.88. The van der Waals surface area contributed by atoms with Gasteiger partial charge in [-0.15, -0.1) is 0 Å². The molecule has 0 radical (unpaired) electrons. The Balaban J connectivity index is 2.29. The maximum Gasteiger partial charge on any atom is 0.122 e. The van der Waals surface area contributed by atoms with Gasteiger partial charge in [0.2, 0.25) is 0 Å². The van der Waals surface area contributed by atoms with E-state index in [1.807, 2.05) is 0 Å². The molecule has 0 aliphatic heterocycles. The van der Waals surface area contributed by atoms with Gasteiger partial charge in [0.05, 0.1) is 7.11 Å². The topological polar surface area (TPSA) is 35.2 Å². The van der Waals surface area contributed by atoms with Crippen LogP contribution in [0.4, 0.5) is 0 Å². The Morgan fingerprint density at radius 2 is 2.06 bits per heavy atom. The van der Waals surface area contributed by atoms with E-state index in [0.29, 0.717) is 11.8 Å². The van der Waals surface area contributed by atoms with Crippen LogP contribution in [0, 0.1) is 5.92 Å². The van der Waals surface area contributed by atoms with Crippen LogP contribution in [0.2, 0.25) is 0 Å². The lowest BCUT2D eigenvalue weighted by molar-refractivity contribution is 0.407. The van der Waals surface area contributed by atoms with Crippen molar-refractivity contribution >= 4 is 0 Å². The number of hydrogen-bond donors (Lipinski definition) is 1. The Hall–Kier alpha value is -1.02. The van der Waals surface area contributed by atoms with E-state index < -0.39 is 0 Å². The van der Waals surface area contributed by atoms with Crippen molar-refractivity contribution < 1.29 is 4.74 Å². The summed E-state index contributed by atoms with van der Waals surface area (Å²) in [6.07, 6.45) is 3.84. The first-order chi connectivity index (χ1) is 8.67. The highest BCUT2D eigenvalue weighted by Crippen LogP contribution is 2.45. The SMILES string of the molecule is COc1ccc(C(CCN)C2CC2)cc1C(C)C. The molecular weight excluding hydrogens is 222 g/mol. The van der Waals surface area contributed by atoms with Crippen molar-refractivity contribution in [2.24, 2.45) is 11.7 Å². The van der Waals surface area contributed by atoms with E-state index in [9.17, 15) is 0 Å². The first-order valence-corrected chi connectivity index (χ1v) is 7.05. The van der Waals surface area contributed by atoms with E-state index in [-0.39, 0.29) is 0 Å². The van der Waals surface area contributed by atoms with E-state index in [1.54, 1.807) is 7.11 Å². The fourth-order valence-electron chi connectivity index (χ4n) is 2.79. The van der Waals surface area contributed by atoms with Crippen LogP contribution in [0.25, 0.3) is 0 Å². The number of ether oxygens (including phenoxy) is 1.